The highest BCUT2D eigenvalue weighted by molar-refractivity contribution is 7.07. The van der Waals surface area contributed by atoms with Crippen LogP contribution in [0.2, 0.25) is 5.02 Å². The molecule has 8 nitrogen and oxygen atoms in total. The molecule has 10 heteroatoms. The summed E-state index contributed by atoms with van der Waals surface area (Å²) in [4.78, 5) is 43.4. The summed E-state index contributed by atoms with van der Waals surface area (Å²) in [7, 11) is 0. The van der Waals surface area contributed by atoms with Crippen LogP contribution in [-0.2, 0) is 14.3 Å². The molecule has 192 valence electrons. The number of benzene rings is 2. The highest BCUT2D eigenvalue weighted by Gasteiger charge is 2.34. The van der Waals surface area contributed by atoms with Gasteiger partial charge in [0.1, 0.15) is 0 Å². The standard InChI is InChI=1S/C27H25ClN2O6S/c1-5-34-21-14-18(10-11-20(21)36-16(4)31)24-23(26(33)35-6-2)15(3)29-27-30(24)25(32)22(37-27)13-17-8-7-9-19(28)12-17/h7-14,24H,5-6H2,1-4H3/b22-13-/t24-/m1/s1. The van der Waals surface area contributed by atoms with E-state index in [1.807, 2.05) is 6.07 Å². The van der Waals surface area contributed by atoms with Gasteiger partial charge in [0.15, 0.2) is 16.3 Å². The van der Waals surface area contributed by atoms with Crippen molar-refractivity contribution in [1.82, 2.24) is 4.57 Å². The van der Waals surface area contributed by atoms with Crippen molar-refractivity contribution < 1.29 is 23.8 Å². The molecular formula is C27H25ClN2O6S. The second-order valence-corrected chi connectivity index (χ2v) is 9.54. The molecule has 1 aliphatic rings. The van der Waals surface area contributed by atoms with Crippen LogP contribution >= 0.6 is 22.9 Å². The van der Waals surface area contributed by atoms with Crippen LogP contribution in [0.15, 0.2) is 63.5 Å². The number of carbonyl (C=O) groups excluding carboxylic acids is 2. The number of hydrogen-bond donors (Lipinski definition) is 0. The highest BCUT2D eigenvalue weighted by atomic mass is 35.5. The number of esters is 2. The molecule has 0 saturated heterocycles. The van der Waals surface area contributed by atoms with E-state index < -0.39 is 18.0 Å². The van der Waals surface area contributed by atoms with Crippen LogP contribution in [0.5, 0.6) is 11.5 Å². The average molecular weight is 541 g/mol. The van der Waals surface area contributed by atoms with Gasteiger partial charge < -0.3 is 14.2 Å². The van der Waals surface area contributed by atoms with Gasteiger partial charge in [0.25, 0.3) is 5.56 Å². The lowest BCUT2D eigenvalue weighted by Gasteiger charge is -2.25. The molecule has 0 unspecified atom stereocenters. The average Bonchev–Trinajstić information content (AvgIpc) is 3.13. The minimum absolute atomic E-state index is 0.164. The molecule has 1 atom stereocenters. The van der Waals surface area contributed by atoms with Gasteiger partial charge in [-0.05, 0) is 62.2 Å². The number of thiazole rings is 1. The SMILES string of the molecule is CCOC(=O)C1=C(C)N=c2s/c(=C\c3cccc(Cl)c3)c(=O)n2[C@@H]1c1ccc(OC(C)=O)c(OCC)c1. The fraction of sp³-hybridized carbons (Fsp3) is 0.259. The van der Waals surface area contributed by atoms with Gasteiger partial charge in [-0.3, -0.25) is 14.2 Å². The molecule has 3 aromatic rings. The molecule has 2 heterocycles. The maximum absolute atomic E-state index is 13.7. The summed E-state index contributed by atoms with van der Waals surface area (Å²) in [6, 6.07) is 11.3. The number of fused-ring (bicyclic) bond motifs is 1. The zero-order chi connectivity index (χ0) is 26.7. The van der Waals surface area contributed by atoms with Gasteiger partial charge in [-0.25, -0.2) is 9.79 Å². The van der Waals surface area contributed by atoms with E-state index in [1.54, 1.807) is 63.2 Å². The van der Waals surface area contributed by atoms with Crippen molar-refractivity contribution in [2.75, 3.05) is 13.2 Å². The lowest BCUT2D eigenvalue weighted by molar-refractivity contribution is -0.139. The number of nitrogens with zero attached hydrogens (tertiary/aromatic N) is 2. The number of hydrogen-bond acceptors (Lipinski definition) is 8. The lowest BCUT2D eigenvalue weighted by atomic mass is 9.95. The van der Waals surface area contributed by atoms with Gasteiger partial charge in [0.2, 0.25) is 0 Å². The van der Waals surface area contributed by atoms with Gasteiger partial charge >= 0.3 is 11.9 Å². The molecule has 0 bridgehead atoms. The third-order valence-corrected chi connectivity index (χ3v) is 6.72. The highest BCUT2D eigenvalue weighted by Crippen LogP contribution is 2.36. The summed E-state index contributed by atoms with van der Waals surface area (Å²) >= 11 is 7.34. The Labute approximate surface area is 222 Å². The topological polar surface area (TPSA) is 96.2 Å². The van der Waals surface area contributed by atoms with Crippen LogP contribution < -0.4 is 24.4 Å². The predicted octanol–water partition coefficient (Wildman–Crippen LogP) is 3.78. The normalized spacial score (nSPS) is 15.2. The quantitative estimate of drug-likeness (QED) is 0.334. The smallest absolute Gasteiger partial charge is 0.338 e. The largest absolute Gasteiger partial charge is 0.490 e. The number of aromatic nitrogens is 1. The summed E-state index contributed by atoms with van der Waals surface area (Å²) in [6.45, 7) is 7.01. The lowest BCUT2D eigenvalue weighted by Crippen LogP contribution is -2.40. The van der Waals surface area contributed by atoms with E-state index in [-0.39, 0.29) is 23.5 Å². The van der Waals surface area contributed by atoms with Gasteiger partial charge in [0.05, 0.1) is 35.1 Å². The summed E-state index contributed by atoms with van der Waals surface area (Å²) < 4.78 is 18.3. The maximum Gasteiger partial charge on any atom is 0.338 e. The summed E-state index contributed by atoms with van der Waals surface area (Å²) in [5.41, 5.74) is 1.71. The Kier molecular flexibility index (Phi) is 7.94. The van der Waals surface area contributed by atoms with E-state index in [9.17, 15) is 14.4 Å². The van der Waals surface area contributed by atoms with Crippen molar-refractivity contribution in [2.45, 2.75) is 33.7 Å². The molecule has 0 fully saturated rings. The Hall–Kier alpha value is -3.69. The van der Waals surface area contributed by atoms with Crippen LogP contribution in [0.25, 0.3) is 6.08 Å². The van der Waals surface area contributed by atoms with Crippen LogP contribution in [0, 0.1) is 0 Å². The molecule has 0 spiro atoms. The fourth-order valence-corrected chi connectivity index (χ4v) is 5.30. The first-order chi connectivity index (χ1) is 17.7. The number of halogens is 1. The first kappa shape index (κ1) is 26.4. The van der Waals surface area contributed by atoms with Gasteiger partial charge in [-0.1, -0.05) is 41.1 Å². The Balaban J connectivity index is 1.95. The number of allylic oxidation sites excluding steroid dienone is 1. The van der Waals surface area contributed by atoms with E-state index >= 15 is 0 Å². The van der Waals surface area contributed by atoms with E-state index in [0.29, 0.717) is 38.0 Å². The zero-order valence-corrected chi connectivity index (χ0v) is 22.3. The number of carbonyl (C=O) groups is 2. The summed E-state index contributed by atoms with van der Waals surface area (Å²) in [5.74, 6) is -0.510. The van der Waals surface area contributed by atoms with Crippen molar-refractivity contribution in [3.8, 4) is 11.5 Å². The third kappa shape index (κ3) is 5.52. The minimum Gasteiger partial charge on any atom is -0.490 e. The Bertz CT molecular complexity index is 1590. The Morgan fingerprint density at radius 3 is 2.59 bits per heavy atom. The third-order valence-electron chi connectivity index (χ3n) is 5.50. The van der Waals surface area contributed by atoms with E-state index in [0.717, 1.165) is 5.56 Å². The number of rotatable bonds is 7. The van der Waals surface area contributed by atoms with E-state index in [1.165, 1.54) is 22.8 Å². The second kappa shape index (κ2) is 11.1. The molecule has 2 aromatic carbocycles. The maximum atomic E-state index is 13.7. The summed E-state index contributed by atoms with van der Waals surface area (Å²) in [6.07, 6.45) is 1.74. The van der Waals surface area contributed by atoms with E-state index in [2.05, 4.69) is 4.99 Å². The van der Waals surface area contributed by atoms with Crippen molar-refractivity contribution in [2.24, 2.45) is 4.99 Å². The van der Waals surface area contributed by atoms with Crippen LogP contribution in [0.4, 0.5) is 0 Å². The first-order valence-electron chi connectivity index (χ1n) is 11.6. The molecule has 1 aromatic heterocycles. The molecule has 1 aliphatic heterocycles. The summed E-state index contributed by atoms with van der Waals surface area (Å²) in [5, 5.41) is 0.552. The Morgan fingerprint density at radius 1 is 1.14 bits per heavy atom. The fourth-order valence-electron chi connectivity index (χ4n) is 4.06. The molecule has 0 saturated carbocycles. The zero-order valence-electron chi connectivity index (χ0n) is 20.7. The van der Waals surface area contributed by atoms with Gasteiger partial charge in [-0.15, -0.1) is 0 Å². The molecular weight excluding hydrogens is 516 g/mol. The molecule has 0 N–H and O–H groups in total. The van der Waals surface area contributed by atoms with Crippen LogP contribution in [0.3, 0.4) is 0 Å². The van der Waals surface area contributed by atoms with Gasteiger partial charge in [0, 0.05) is 11.9 Å². The van der Waals surface area contributed by atoms with Crippen LogP contribution in [-0.4, -0.2) is 29.7 Å². The molecule has 0 amide bonds. The van der Waals surface area contributed by atoms with Crippen molar-refractivity contribution in [1.29, 1.82) is 0 Å². The molecule has 0 radical (unpaired) electrons. The first-order valence-corrected chi connectivity index (χ1v) is 12.8. The molecule has 37 heavy (non-hydrogen) atoms. The second-order valence-electron chi connectivity index (χ2n) is 8.09. The van der Waals surface area contributed by atoms with E-state index in [4.69, 9.17) is 25.8 Å². The van der Waals surface area contributed by atoms with Crippen molar-refractivity contribution >= 4 is 41.0 Å². The Morgan fingerprint density at radius 2 is 1.92 bits per heavy atom. The van der Waals surface area contributed by atoms with Gasteiger partial charge in [-0.2, -0.15) is 0 Å². The molecule has 4 rings (SSSR count). The predicted molar refractivity (Wildman–Crippen MR) is 141 cm³/mol. The van der Waals surface area contributed by atoms with Crippen molar-refractivity contribution in [3.05, 3.63) is 89.6 Å². The van der Waals surface area contributed by atoms with Crippen molar-refractivity contribution in [3.63, 3.8) is 0 Å². The monoisotopic (exact) mass is 540 g/mol. The molecule has 0 aliphatic carbocycles. The number of ether oxygens (including phenoxy) is 3. The minimum atomic E-state index is -0.831. The van der Waals surface area contributed by atoms with Crippen LogP contribution in [0.1, 0.15) is 44.9 Å².